The molecule has 0 amide bonds. The third-order valence-corrected chi connectivity index (χ3v) is 3.60. The highest BCUT2D eigenvalue weighted by Crippen LogP contribution is 2.14. The number of sulfonamides is 1. The lowest BCUT2D eigenvalue weighted by Crippen LogP contribution is -2.48. The number of nitrogens with two attached hydrogens (primary N) is 1. The minimum atomic E-state index is -3.34. The van der Waals surface area contributed by atoms with Gasteiger partial charge in [-0.1, -0.05) is 0 Å². The summed E-state index contributed by atoms with van der Waals surface area (Å²) in [5, 5.41) is 7.72. The minimum Gasteiger partial charge on any atom is -0.313 e. The predicted octanol–water partition coefficient (Wildman–Crippen LogP) is -0.585. The largest absolute Gasteiger partial charge is 0.313 e. The summed E-state index contributed by atoms with van der Waals surface area (Å²) in [6.45, 7) is 2.75. The fourth-order valence-electron chi connectivity index (χ4n) is 1.46. The van der Waals surface area contributed by atoms with Gasteiger partial charge >= 0.3 is 0 Å². The third-order valence-electron chi connectivity index (χ3n) is 2.11. The Kier molecular flexibility index (Phi) is 2.51. The molecule has 1 aliphatic heterocycles. The molecular weight excluding hydrogens is 164 g/mol. The molecule has 0 aromatic heterocycles. The summed E-state index contributed by atoms with van der Waals surface area (Å²) in [6.07, 6.45) is 1.58. The smallest absolute Gasteiger partial charge is 0.213 e. The van der Waals surface area contributed by atoms with Gasteiger partial charge in [0.25, 0.3) is 0 Å². The standard InChI is InChI=1S/C6H14N2O2S/c1-5-6(11(7,9)10)3-2-4-8-5/h5-6,8H,2-4H2,1H3,(H2,7,9,10). The summed E-state index contributed by atoms with van der Waals surface area (Å²) in [7, 11) is -3.34. The van der Waals surface area contributed by atoms with E-state index < -0.39 is 15.3 Å². The SMILES string of the molecule is CC1NCCCC1S(N)(=O)=O. The van der Waals surface area contributed by atoms with Crippen LogP contribution in [-0.4, -0.2) is 26.3 Å². The topological polar surface area (TPSA) is 72.2 Å². The van der Waals surface area contributed by atoms with Crippen molar-refractivity contribution in [2.75, 3.05) is 6.54 Å². The second-order valence-corrected chi connectivity index (χ2v) is 4.80. The van der Waals surface area contributed by atoms with Crippen molar-refractivity contribution in [2.24, 2.45) is 5.14 Å². The van der Waals surface area contributed by atoms with Crippen molar-refractivity contribution in [2.45, 2.75) is 31.1 Å². The normalized spacial score (nSPS) is 33.6. The van der Waals surface area contributed by atoms with E-state index in [0.29, 0.717) is 6.42 Å². The maximum absolute atomic E-state index is 10.9. The van der Waals surface area contributed by atoms with E-state index in [0.717, 1.165) is 13.0 Å². The molecule has 1 aliphatic rings. The van der Waals surface area contributed by atoms with Gasteiger partial charge in [-0.2, -0.15) is 0 Å². The summed E-state index contributed by atoms with van der Waals surface area (Å²) in [5.41, 5.74) is 0. The maximum Gasteiger partial charge on any atom is 0.213 e. The van der Waals surface area contributed by atoms with Crippen molar-refractivity contribution >= 4 is 10.0 Å². The summed E-state index contributed by atoms with van der Waals surface area (Å²) in [5.74, 6) is 0. The van der Waals surface area contributed by atoms with Gasteiger partial charge in [0, 0.05) is 6.04 Å². The van der Waals surface area contributed by atoms with E-state index in [4.69, 9.17) is 5.14 Å². The number of hydrogen-bond acceptors (Lipinski definition) is 3. The number of rotatable bonds is 1. The molecule has 1 rings (SSSR count). The summed E-state index contributed by atoms with van der Waals surface area (Å²) >= 11 is 0. The van der Waals surface area contributed by atoms with Crippen molar-refractivity contribution < 1.29 is 8.42 Å². The van der Waals surface area contributed by atoms with Crippen LogP contribution in [0.3, 0.4) is 0 Å². The van der Waals surface area contributed by atoms with Crippen LogP contribution in [0.25, 0.3) is 0 Å². The molecule has 0 bridgehead atoms. The molecule has 0 saturated carbocycles. The summed E-state index contributed by atoms with van der Waals surface area (Å²) in [4.78, 5) is 0. The molecule has 0 aromatic rings. The first-order valence-electron chi connectivity index (χ1n) is 3.77. The monoisotopic (exact) mass is 178 g/mol. The van der Waals surface area contributed by atoms with Gasteiger partial charge in [0.1, 0.15) is 0 Å². The van der Waals surface area contributed by atoms with Gasteiger partial charge in [0.15, 0.2) is 0 Å². The van der Waals surface area contributed by atoms with Crippen LogP contribution >= 0.6 is 0 Å². The number of nitrogens with one attached hydrogen (secondary N) is 1. The first-order chi connectivity index (χ1) is 5.02. The molecule has 0 aliphatic carbocycles. The Bertz CT molecular complexity index is 225. The first kappa shape index (κ1) is 8.96. The van der Waals surface area contributed by atoms with E-state index in [-0.39, 0.29) is 6.04 Å². The molecule has 1 saturated heterocycles. The zero-order valence-electron chi connectivity index (χ0n) is 6.58. The fraction of sp³-hybridized carbons (Fsp3) is 1.00. The zero-order chi connectivity index (χ0) is 8.48. The highest BCUT2D eigenvalue weighted by molar-refractivity contribution is 7.89. The molecule has 0 radical (unpaired) electrons. The number of primary sulfonamides is 1. The molecule has 1 fully saturated rings. The Morgan fingerprint density at radius 3 is 2.55 bits per heavy atom. The Morgan fingerprint density at radius 2 is 2.18 bits per heavy atom. The summed E-state index contributed by atoms with van der Waals surface area (Å²) < 4.78 is 21.9. The van der Waals surface area contributed by atoms with Crippen molar-refractivity contribution in [3.8, 4) is 0 Å². The molecule has 0 spiro atoms. The van der Waals surface area contributed by atoms with Crippen molar-refractivity contribution in [1.29, 1.82) is 0 Å². The quantitative estimate of drug-likeness (QED) is 0.564. The average Bonchev–Trinajstić information content (AvgIpc) is 1.86. The van der Waals surface area contributed by atoms with Gasteiger partial charge in [0.2, 0.25) is 10.0 Å². The molecule has 2 atom stereocenters. The molecule has 5 heteroatoms. The van der Waals surface area contributed by atoms with E-state index >= 15 is 0 Å². The lowest BCUT2D eigenvalue weighted by atomic mass is 10.1. The zero-order valence-corrected chi connectivity index (χ0v) is 7.39. The minimum absolute atomic E-state index is 0.00116. The van der Waals surface area contributed by atoms with Gasteiger partial charge in [-0.15, -0.1) is 0 Å². The van der Waals surface area contributed by atoms with Crippen molar-refractivity contribution in [3.05, 3.63) is 0 Å². The van der Waals surface area contributed by atoms with Crippen LogP contribution in [0.2, 0.25) is 0 Å². The second-order valence-electron chi connectivity index (χ2n) is 3.01. The molecule has 2 unspecified atom stereocenters. The van der Waals surface area contributed by atoms with Gasteiger partial charge in [0.05, 0.1) is 5.25 Å². The molecular formula is C6H14N2O2S. The molecule has 0 aromatic carbocycles. The average molecular weight is 178 g/mol. The Labute approximate surface area is 67.2 Å². The Hall–Kier alpha value is -0.130. The van der Waals surface area contributed by atoms with E-state index in [9.17, 15) is 8.42 Å². The van der Waals surface area contributed by atoms with Crippen molar-refractivity contribution in [1.82, 2.24) is 5.32 Å². The van der Waals surface area contributed by atoms with Crippen LogP contribution in [0, 0.1) is 0 Å². The third kappa shape index (κ3) is 2.15. The second kappa shape index (κ2) is 3.08. The van der Waals surface area contributed by atoms with Crippen LogP contribution < -0.4 is 10.5 Å². The van der Waals surface area contributed by atoms with Gasteiger partial charge in [-0.3, -0.25) is 0 Å². The van der Waals surface area contributed by atoms with Crippen LogP contribution in [-0.2, 0) is 10.0 Å². The summed E-state index contributed by atoms with van der Waals surface area (Å²) in [6, 6.07) is -0.00116. The number of piperidine rings is 1. The van der Waals surface area contributed by atoms with E-state index in [1.165, 1.54) is 0 Å². The molecule has 4 nitrogen and oxygen atoms in total. The maximum atomic E-state index is 10.9. The van der Waals surface area contributed by atoms with Crippen LogP contribution in [0.4, 0.5) is 0 Å². The Balaban J connectivity index is 2.70. The van der Waals surface area contributed by atoms with Gasteiger partial charge in [-0.05, 0) is 26.3 Å². The van der Waals surface area contributed by atoms with E-state index in [1.807, 2.05) is 6.92 Å². The first-order valence-corrected chi connectivity index (χ1v) is 5.38. The highest BCUT2D eigenvalue weighted by atomic mass is 32.2. The Morgan fingerprint density at radius 1 is 1.55 bits per heavy atom. The predicted molar refractivity (Wildman–Crippen MR) is 43.6 cm³/mol. The van der Waals surface area contributed by atoms with E-state index in [2.05, 4.69) is 5.32 Å². The van der Waals surface area contributed by atoms with Crippen LogP contribution in [0.1, 0.15) is 19.8 Å². The lowest BCUT2D eigenvalue weighted by molar-refractivity contribution is 0.418. The highest BCUT2D eigenvalue weighted by Gasteiger charge is 2.29. The van der Waals surface area contributed by atoms with Crippen LogP contribution in [0.15, 0.2) is 0 Å². The molecule has 3 N–H and O–H groups in total. The van der Waals surface area contributed by atoms with Crippen LogP contribution in [0.5, 0.6) is 0 Å². The van der Waals surface area contributed by atoms with E-state index in [1.54, 1.807) is 0 Å². The van der Waals surface area contributed by atoms with Crippen molar-refractivity contribution in [3.63, 3.8) is 0 Å². The fourth-order valence-corrected chi connectivity index (χ4v) is 2.62. The molecule has 66 valence electrons. The molecule has 11 heavy (non-hydrogen) atoms. The lowest BCUT2D eigenvalue weighted by Gasteiger charge is -2.27. The van der Waals surface area contributed by atoms with Gasteiger partial charge in [-0.25, -0.2) is 13.6 Å². The number of hydrogen-bond donors (Lipinski definition) is 2. The van der Waals surface area contributed by atoms with Gasteiger partial charge < -0.3 is 5.32 Å². The molecule has 1 heterocycles.